The van der Waals surface area contributed by atoms with Gasteiger partial charge in [0.1, 0.15) is 6.29 Å². The van der Waals surface area contributed by atoms with E-state index in [1.807, 2.05) is 43.3 Å². The zero-order valence-electron chi connectivity index (χ0n) is 7.81. The van der Waals surface area contributed by atoms with Crippen LogP contribution < -0.4 is 0 Å². The molecule has 1 rings (SSSR count). The standard InChI is InChI=1S/C12H14O/c1-3-10(2)12(9-13)11-7-5-4-6-8-11/h3-10,12H,1H2,2H3. The molecule has 0 saturated heterocycles. The SMILES string of the molecule is C=CC(C)C(C=O)c1ccccc1. The van der Waals surface area contributed by atoms with Gasteiger partial charge in [-0.3, -0.25) is 0 Å². The Morgan fingerprint density at radius 2 is 1.92 bits per heavy atom. The summed E-state index contributed by atoms with van der Waals surface area (Å²) in [6.07, 6.45) is 2.80. The molecule has 0 aliphatic heterocycles. The summed E-state index contributed by atoms with van der Waals surface area (Å²) in [5, 5.41) is 0. The molecule has 0 spiro atoms. The van der Waals surface area contributed by atoms with Crippen LogP contribution in [0.3, 0.4) is 0 Å². The van der Waals surface area contributed by atoms with Crippen molar-refractivity contribution >= 4 is 6.29 Å². The maximum Gasteiger partial charge on any atom is 0.128 e. The van der Waals surface area contributed by atoms with Crippen LogP contribution in [0.4, 0.5) is 0 Å². The zero-order chi connectivity index (χ0) is 9.68. The average molecular weight is 174 g/mol. The third kappa shape index (κ3) is 2.28. The van der Waals surface area contributed by atoms with E-state index in [0.717, 1.165) is 11.8 Å². The summed E-state index contributed by atoms with van der Waals surface area (Å²) in [4.78, 5) is 10.9. The highest BCUT2D eigenvalue weighted by molar-refractivity contribution is 5.63. The normalized spacial score (nSPS) is 14.5. The fourth-order valence-corrected chi connectivity index (χ4v) is 1.33. The van der Waals surface area contributed by atoms with Crippen LogP contribution in [0.5, 0.6) is 0 Å². The van der Waals surface area contributed by atoms with E-state index in [2.05, 4.69) is 6.58 Å². The molecule has 1 aromatic rings. The fourth-order valence-electron chi connectivity index (χ4n) is 1.33. The van der Waals surface area contributed by atoms with Crippen molar-refractivity contribution in [2.45, 2.75) is 12.8 Å². The molecule has 0 aromatic heterocycles. The second kappa shape index (κ2) is 4.61. The molecule has 0 bridgehead atoms. The monoisotopic (exact) mass is 174 g/mol. The number of aldehydes is 1. The van der Waals surface area contributed by atoms with Crippen LogP contribution in [0.15, 0.2) is 43.0 Å². The van der Waals surface area contributed by atoms with E-state index in [1.54, 1.807) is 0 Å². The summed E-state index contributed by atoms with van der Waals surface area (Å²) in [6, 6.07) is 9.78. The molecule has 1 heteroatoms. The summed E-state index contributed by atoms with van der Waals surface area (Å²) < 4.78 is 0. The van der Waals surface area contributed by atoms with Crippen LogP contribution in [0.25, 0.3) is 0 Å². The molecule has 68 valence electrons. The Balaban J connectivity index is 2.90. The van der Waals surface area contributed by atoms with Crippen molar-refractivity contribution in [2.75, 3.05) is 0 Å². The van der Waals surface area contributed by atoms with Gasteiger partial charge < -0.3 is 4.79 Å². The molecular formula is C12H14O. The molecule has 0 N–H and O–H groups in total. The van der Waals surface area contributed by atoms with Crippen molar-refractivity contribution in [3.8, 4) is 0 Å². The molecule has 0 aliphatic carbocycles. The van der Waals surface area contributed by atoms with E-state index in [4.69, 9.17) is 0 Å². The van der Waals surface area contributed by atoms with Gasteiger partial charge in [-0.2, -0.15) is 0 Å². The molecular weight excluding hydrogens is 160 g/mol. The molecule has 0 radical (unpaired) electrons. The van der Waals surface area contributed by atoms with Crippen molar-refractivity contribution in [3.05, 3.63) is 48.6 Å². The van der Waals surface area contributed by atoms with Crippen molar-refractivity contribution in [1.82, 2.24) is 0 Å². The highest BCUT2D eigenvalue weighted by Crippen LogP contribution is 2.22. The van der Waals surface area contributed by atoms with Crippen molar-refractivity contribution < 1.29 is 4.79 Å². The van der Waals surface area contributed by atoms with Gasteiger partial charge in [0.05, 0.1) is 0 Å². The number of hydrogen-bond acceptors (Lipinski definition) is 1. The van der Waals surface area contributed by atoms with Crippen LogP contribution in [0.2, 0.25) is 0 Å². The van der Waals surface area contributed by atoms with Crippen molar-refractivity contribution in [1.29, 1.82) is 0 Å². The Morgan fingerprint density at radius 1 is 1.31 bits per heavy atom. The Bertz CT molecular complexity index is 276. The Hall–Kier alpha value is -1.37. The highest BCUT2D eigenvalue weighted by atomic mass is 16.1. The summed E-state index contributed by atoms with van der Waals surface area (Å²) in [6.45, 7) is 5.70. The first-order valence-corrected chi connectivity index (χ1v) is 4.42. The molecule has 1 nitrogen and oxygen atoms in total. The molecule has 0 fully saturated rings. The predicted octanol–water partition coefficient (Wildman–Crippen LogP) is 2.79. The number of carbonyl (C=O) groups is 1. The third-order valence-corrected chi connectivity index (χ3v) is 2.27. The molecule has 0 heterocycles. The first-order valence-electron chi connectivity index (χ1n) is 4.42. The lowest BCUT2D eigenvalue weighted by Gasteiger charge is -2.14. The quantitative estimate of drug-likeness (QED) is 0.506. The smallest absolute Gasteiger partial charge is 0.128 e. The fraction of sp³-hybridized carbons (Fsp3) is 0.250. The highest BCUT2D eigenvalue weighted by Gasteiger charge is 2.14. The van der Waals surface area contributed by atoms with Gasteiger partial charge in [0.25, 0.3) is 0 Å². The Labute approximate surface area is 79.1 Å². The first-order chi connectivity index (χ1) is 6.29. The van der Waals surface area contributed by atoms with Gasteiger partial charge in [-0.1, -0.05) is 43.3 Å². The number of benzene rings is 1. The summed E-state index contributed by atoms with van der Waals surface area (Å²) in [5.41, 5.74) is 1.06. The number of allylic oxidation sites excluding steroid dienone is 1. The molecule has 0 saturated carbocycles. The maximum absolute atomic E-state index is 10.9. The van der Waals surface area contributed by atoms with Crippen LogP contribution in [0, 0.1) is 5.92 Å². The minimum absolute atomic E-state index is 0.0568. The lowest BCUT2D eigenvalue weighted by Crippen LogP contribution is -2.08. The minimum atomic E-state index is -0.0568. The molecule has 0 aliphatic rings. The Morgan fingerprint density at radius 3 is 2.38 bits per heavy atom. The van der Waals surface area contributed by atoms with Crippen molar-refractivity contribution in [2.24, 2.45) is 5.92 Å². The van der Waals surface area contributed by atoms with Gasteiger partial charge in [0.15, 0.2) is 0 Å². The Kier molecular flexibility index (Phi) is 3.44. The van der Waals surface area contributed by atoms with E-state index >= 15 is 0 Å². The van der Waals surface area contributed by atoms with Gasteiger partial charge in [0.2, 0.25) is 0 Å². The third-order valence-electron chi connectivity index (χ3n) is 2.27. The number of carbonyl (C=O) groups excluding carboxylic acids is 1. The summed E-state index contributed by atoms with van der Waals surface area (Å²) in [5.74, 6) is 0.138. The maximum atomic E-state index is 10.9. The van der Waals surface area contributed by atoms with Crippen LogP contribution in [-0.2, 0) is 4.79 Å². The van der Waals surface area contributed by atoms with Crippen LogP contribution in [-0.4, -0.2) is 6.29 Å². The van der Waals surface area contributed by atoms with Gasteiger partial charge in [0, 0.05) is 5.92 Å². The van der Waals surface area contributed by atoms with E-state index in [-0.39, 0.29) is 11.8 Å². The lowest BCUT2D eigenvalue weighted by molar-refractivity contribution is -0.109. The molecule has 13 heavy (non-hydrogen) atoms. The summed E-state index contributed by atoms with van der Waals surface area (Å²) >= 11 is 0. The van der Waals surface area contributed by atoms with Crippen LogP contribution >= 0.6 is 0 Å². The van der Waals surface area contributed by atoms with E-state index < -0.39 is 0 Å². The van der Waals surface area contributed by atoms with E-state index in [0.29, 0.717) is 0 Å². The first kappa shape index (κ1) is 9.72. The molecule has 1 aromatic carbocycles. The van der Waals surface area contributed by atoms with Crippen LogP contribution in [0.1, 0.15) is 18.4 Å². The molecule has 0 amide bonds. The van der Waals surface area contributed by atoms with E-state index in [1.165, 1.54) is 0 Å². The zero-order valence-corrected chi connectivity index (χ0v) is 7.81. The second-order valence-corrected chi connectivity index (χ2v) is 3.17. The second-order valence-electron chi connectivity index (χ2n) is 3.17. The van der Waals surface area contributed by atoms with Gasteiger partial charge in [-0.05, 0) is 11.5 Å². The van der Waals surface area contributed by atoms with E-state index in [9.17, 15) is 4.79 Å². The van der Waals surface area contributed by atoms with Crippen molar-refractivity contribution in [3.63, 3.8) is 0 Å². The predicted molar refractivity (Wildman–Crippen MR) is 54.6 cm³/mol. The number of hydrogen-bond donors (Lipinski definition) is 0. The van der Waals surface area contributed by atoms with Gasteiger partial charge in [-0.25, -0.2) is 0 Å². The van der Waals surface area contributed by atoms with Gasteiger partial charge in [-0.15, -0.1) is 6.58 Å². The molecule has 2 unspecified atom stereocenters. The number of rotatable bonds is 4. The average Bonchev–Trinajstić information content (AvgIpc) is 2.20. The largest absolute Gasteiger partial charge is 0.303 e. The van der Waals surface area contributed by atoms with Gasteiger partial charge >= 0.3 is 0 Å². The lowest BCUT2D eigenvalue weighted by atomic mass is 9.89. The molecule has 2 atom stereocenters. The summed E-state index contributed by atoms with van der Waals surface area (Å²) in [7, 11) is 0. The topological polar surface area (TPSA) is 17.1 Å². The minimum Gasteiger partial charge on any atom is -0.303 e.